The Balaban J connectivity index is 1.51. The second-order valence-electron chi connectivity index (χ2n) is 20.6. The lowest BCUT2D eigenvalue weighted by Crippen LogP contribution is -2.54. The first kappa shape index (κ1) is 67.3. The number of carbonyl (C=O) groups excluding carboxylic acids is 8. The predicted molar refractivity (Wildman–Crippen MR) is 307 cm³/mol. The van der Waals surface area contributed by atoms with Crippen molar-refractivity contribution in [2.45, 2.75) is 135 Å². The molecule has 2 heterocycles. The molecule has 0 saturated carbocycles. The van der Waals surface area contributed by atoms with E-state index in [0.717, 1.165) is 12.1 Å². The van der Waals surface area contributed by atoms with Gasteiger partial charge in [0, 0.05) is 77.5 Å². The number of benzene rings is 1. The van der Waals surface area contributed by atoms with Gasteiger partial charge in [0.1, 0.15) is 6.04 Å². The third-order valence-corrected chi connectivity index (χ3v) is 14.4. The zero-order chi connectivity index (χ0) is 59.5. The van der Waals surface area contributed by atoms with Gasteiger partial charge in [0.15, 0.2) is 4.77 Å². The number of hydrogen-bond donors (Lipinski definition) is 9. The van der Waals surface area contributed by atoms with Crippen LogP contribution in [0, 0.1) is 34.4 Å². The molecule has 1 fully saturated rings. The van der Waals surface area contributed by atoms with Crippen molar-refractivity contribution in [3.8, 4) is 11.8 Å². The van der Waals surface area contributed by atoms with E-state index in [9.17, 15) is 38.4 Å². The van der Waals surface area contributed by atoms with E-state index >= 15 is 0 Å². The molecule has 9 amide bonds. The molecule has 2 aromatic rings. The zero-order valence-corrected chi connectivity index (χ0v) is 49.1. The third kappa shape index (κ3) is 22.7. The Morgan fingerprint density at radius 1 is 0.900 bits per heavy atom. The van der Waals surface area contributed by atoms with Crippen LogP contribution in [0.15, 0.2) is 48.9 Å². The van der Waals surface area contributed by atoms with Crippen molar-refractivity contribution in [1.82, 2.24) is 56.6 Å². The minimum atomic E-state index is -1.03. The number of ether oxygens (including phenoxy) is 2. The number of nitrogens with zero attached hydrogens (tertiary/aromatic N) is 4. The van der Waals surface area contributed by atoms with Gasteiger partial charge in [-0.2, -0.15) is 0 Å². The van der Waals surface area contributed by atoms with Crippen LogP contribution in [0.5, 0.6) is 0 Å². The number of likely N-dealkylation sites (tertiary alicyclic amines) is 1. The minimum Gasteiger partial charge on any atom is -0.379 e. The Bertz CT molecular complexity index is 2490. The largest absolute Gasteiger partial charge is 0.379 e. The van der Waals surface area contributed by atoms with Gasteiger partial charge in [0.2, 0.25) is 41.4 Å². The van der Waals surface area contributed by atoms with Gasteiger partial charge in [-0.05, 0) is 87.9 Å². The quantitative estimate of drug-likeness (QED) is 0.0282. The monoisotopic (exact) mass is 1130 g/mol. The van der Waals surface area contributed by atoms with Gasteiger partial charge in [0.25, 0.3) is 0 Å². The number of nitrogens with two attached hydrogens (primary N) is 1. The highest BCUT2D eigenvalue weighted by Crippen LogP contribution is 2.29. The summed E-state index contributed by atoms with van der Waals surface area (Å²) in [6, 6.07) is 4.08. The molecule has 23 nitrogen and oxygen atoms in total. The maximum absolute atomic E-state index is 14.2. The summed E-state index contributed by atoms with van der Waals surface area (Å²) in [5.74, 6) is 2.73. The number of methoxy groups -OCH3 is 2. The number of unbranched alkanes of at least 4 members (excludes halogenated alkanes) is 1. The lowest BCUT2D eigenvalue weighted by atomic mass is 9.90. The molecule has 1 aromatic heterocycles. The number of primary amides is 1. The number of hydrogen-bond acceptors (Lipinski definition) is 14. The van der Waals surface area contributed by atoms with E-state index < -0.39 is 65.9 Å². The SMILES string of the molecule is C=C(NCC(=O)N(C)C([C@@H](C)CC)[C@@H](CC(=O)N1CCC[C@H]1[C@H](OC)[C@@H](C)C(=O)NCC(=O)NCc1ccc(NC(=O)[C@H](CCCNC(N)=O)NC(=O)CNC(=O)CCCC#Cc2cnc(=S)[nH]c2)cc1)OC)C(C(C)C)N(C)C. The standard InChI is InChI=1S/C56H87N13O10S/c1-12-36(4)51(68(9)49(74)34-59-38(6)50(35(2)3)67(7)8)44(78-10)28-48(73)69-27-17-20-43(69)52(79-11)37(5)53(75)62-32-46(71)60-29-39-22-24-41(25-23-39)65-54(76)42(19-16-26-58-55(57)77)66-47(72)33-61-45(70)21-15-13-14-18-40-30-63-56(80)64-31-40/h22-25,30-31,35-37,42-44,50-52,59H,6,12-13,15-17,19-21,26-29,32-34H2,1-5,7-11H3,(H,60,71)(H,61,70)(H,62,75)(H,65,76)(H,66,72)(H3,57,58,77)(H,63,64,80)/t36-,37+,42-,43-,44+,50?,51?,52+/m0/s1. The molecule has 0 bridgehead atoms. The molecule has 0 spiro atoms. The molecule has 10 N–H and O–H groups in total. The minimum absolute atomic E-state index is 0.00165. The Morgan fingerprint density at radius 3 is 2.21 bits per heavy atom. The van der Waals surface area contributed by atoms with Crippen molar-refractivity contribution >= 4 is 65.3 Å². The molecule has 1 aliphatic heterocycles. The third-order valence-electron chi connectivity index (χ3n) is 14.1. The summed E-state index contributed by atoms with van der Waals surface area (Å²) in [5.41, 5.74) is 7.68. The first-order chi connectivity index (χ1) is 38.0. The van der Waals surface area contributed by atoms with Gasteiger partial charge in [-0.1, -0.05) is 71.6 Å². The van der Waals surface area contributed by atoms with Crippen LogP contribution in [0.3, 0.4) is 0 Å². The number of rotatable bonds is 33. The van der Waals surface area contributed by atoms with Crippen molar-refractivity contribution in [3.05, 3.63) is 64.8 Å². The average Bonchev–Trinajstić information content (AvgIpc) is 3.91. The highest BCUT2D eigenvalue weighted by atomic mass is 32.1. The van der Waals surface area contributed by atoms with Crippen LogP contribution in [0.4, 0.5) is 10.5 Å². The predicted octanol–water partition coefficient (Wildman–Crippen LogP) is 2.69. The van der Waals surface area contributed by atoms with Gasteiger partial charge in [0.05, 0.1) is 67.9 Å². The number of anilines is 1. The number of amides is 9. The number of nitrogens with one attached hydrogen (secondary N) is 8. The van der Waals surface area contributed by atoms with Gasteiger partial charge in [-0.3, -0.25) is 33.6 Å². The molecule has 3 rings (SSSR count). The Kier molecular flexibility index (Phi) is 29.4. The van der Waals surface area contributed by atoms with Gasteiger partial charge in [-0.15, -0.1) is 0 Å². The summed E-state index contributed by atoms with van der Waals surface area (Å²) in [6.45, 7) is 14.3. The Morgan fingerprint density at radius 2 is 1.60 bits per heavy atom. The van der Waals surface area contributed by atoms with Crippen LogP contribution < -0.4 is 43.0 Å². The van der Waals surface area contributed by atoms with Crippen LogP contribution in [0.25, 0.3) is 0 Å². The molecular formula is C56H87N13O10S. The van der Waals surface area contributed by atoms with Crippen molar-refractivity contribution in [2.75, 3.05) is 73.4 Å². The van der Waals surface area contributed by atoms with Crippen LogP contribution >= 0.6 is 12.2 Å². The number of aromatic amines is 1. The fourth-order valence-electron chi connectivity index (χ4n) is 9.79. The highest BCUT2D eigenvalue weighted by Gasteiger charge is 2.42. The number of likely N-dealkylation sites (N-methyl/N-ethyl adjacent to an activating group) is 2. The lowest BCUT2D eigenvalue weighted by Gasteiger charge is -2.39. The number of urea groups is 1. The molecule has 1 aromatic carbocycles. The van der Waals surface area contributed by atoms with E-state index in [2.05, 4.69) is 84.4 Å². The van der Waals surface area contributed by atoms with E-state index in [4.69, 9.17) is 27.4 Å². The van der Waals surface area contributed by atoms with Crippen molar-refractivity contribution < 1.29 is 47.8 Å². The van der Waals surface area contributed by atoms with E-state index in [-0.39, 0.29) is 87.6 Å². The average molecular weight is 1130 g/mol. The summed E-state index contributed by atoms with van der Waals surface area (Å²) in [5, 5.41) is 19.1. The molecule has 0 aliphatic carbocycles. The van der Waals surface area contributed by atoms with Crippen molar-refractivity contribution in [2.24, 2.45) is 23.5 Å². The highest BCUT2D eigenvalue weighted by molar-refractivity contribution is 7.71. The van der Waals surface area contributed by atoms with Crippen molar-refractivity contribution in [1.29, 1.82) is 0 Å². The number of carbonyl (C=O) groups is 8. The fraction of sp³-hybridized carbons (Fsp3) is 0.607. The zero-order valence-electron chi connectivity index (χ0n) is 48.3. The summed E-state index contributed by atoms with van der Waals surface area (Å²) in [7, 11) is 8.75. The normalized spacial score (nSPS) is 15.6. The van der Waals surface area contributed by atoms with Crippen LogP contribution in [0.1, 0.15) is 104 Å². The molecule has 80 heavy (non-hydrogen) atoms. The summed E-state index contributed by atoms with van der Waals surface area (Å²) in [4.78, 5) is 117. The van der Waals surface area contributed by atoms with E-state index in [1.165, 1.54) is 7.11 Å². The molecule has 8 atom stereocenters. The lowest BCUT2D eigenvalue weighted by molar-refractivity contribution is -0.145. The smallest absolute Gasteiger partial charge is 0.312 e. The van der Waals surface area contributed by atoms with Crippen molar-refractivity contribution in [3.63, 3.8) is 0 Å². The van der Waals surface area contributed by atoms with Crippen LogP contribution in [-0.4, -0.2) is 177 Å². The van der Waals surface area contributed by atoms with E-state index in [1.54, 1.807) is 67.5 Å². The van der Waals surface area contributed by atoms with Gasteiger partial charge < -0.3 is 72.1 Å². The maximum atomic E-state index is 14.2. The Labute approximate surface area is 476 Å². The van der Waals surface area contributed by atoms with E-state index in [0.29, 0.717) is 60.2 Å². The van der Waals surface area contributed by atoms with E-state index in [1.807, 2.05) is 27.9 Å². The number of aromatic nitrogens is 2. The first-order valence-electron chi connectivity index (χ1n) is 27.3. The maximum Gasteiger partial charge on any atom is 0.312 e. The summed E-state index contributed by atoms with van der Waals surface area (Å²) < 4.78 is 12.2. The summed E-state index contributed by atoms with van der Waals surface area (Å²) >= 11 is 4.92. The fourth-order valence-corrected chi connectivity index (χ4v) is 9.90. The molecule has 442 valence electrons. The molecule has 1 aliphatic rings. The van der Waals surface area contributed by atoms with Crippen LogP contribution in [0.2, 0.25) is 0 Å². The second kappa shape index (κ2) is 34.9. The Hall–Kier alpha value is -6.94. The second-order valence-corrected chi connectivity index (χ2v) is 21.0. The van der Waals surface area contributed by atoms with Gasteiger partial charge in [-0.25, -0.2) is 9.78 Å². The molecule has 1 saturated heterocycles. The number of H-pyrrole nitrogens is 1. The molecule has 2 unspecified atom stereocenters. The van der Waals surface area contributed by atoms with Crippen LogP contribution in [-0.2, 0) is 49.6 Å². The summed E-state index contributed by atoms with van der Waals surface area (Å²) in [6.07, 6.45) is 5.44. The molecule has 0 radical (unpaired) electrons. The van der Waals surface area contributed by atoms with Gasteiger partial charge >= 0.3 is 6.03 Å². The molecule has 24 heteroatoms. The topological polar surface area (TPSA) is 304 Å². The first-order valence-corrected chi connectivity index (χ1v) is 27.7. The molecular weight excluding hydrogens is 1050 g/mol.